The molecule has 0 unspecified atom stereocenters. The van der Waals surface area contributed by atoms with Gasteiger partial charge < -0.3 is 19.8 Å². The SMILES string of the molecule is Oc1ccc(N2CCCC2)cc1N1CCCN(c2ccccc2)CC1. The summed E-state index contributed by atoms with van der Waals surface area (Å²) in [5.74, 6) is 0.399. The van der Waals surface area contributed by atoms with Crippen LogP contribution in [0, 0.1) is 0 Å². The van der Waals surface area contributed by atoms with E-state index in [1.165, 1.54) is 24.2 Å². The maximum absolute atomic E-state index is 10.4. The van der Waals surface area contributed by atoms with Crippen LogP contribution in [0.3, 0.4) is 0 Å². The third-order valence-corrected chi connectivity index (χ3v) is 5.39. The smallest absolute Gasteiger partial charge is 0.139 e. The van der Waals surface area contributed by atoms with E-state index in [1.807, 2.05) is 6.07 Å². The number of phenols is 1. The molecule has 25 heavy (non-hydrogen) atoms. The van der Waals surface area contributed by atoms with Crippen molar-refractivity contribution in [2.24, 2.45) is 0 Å². The molecule has 4 heteroatoms. The lowest BCUT2D eigenvalue weighted by molar-refractivity contribution is 0.474. The van der Waals surface area contributed by atoms with E-state index in [-0.39, 0.29) is 0 Å². The van der Waals surface area contributed by atoms with Crippen LogP contribution in [-0.4, -0.2) is 44.4 Å². The normalized spacial score (nSPS) is 18.5. The first-order valence-corrected chi connectivity index (χ1v) is 9.44. The van der Waals surface area contributed by atoms with E-state index in [9.17, 15) is 5.11 Å². The Kier molecular flexibility index (Phi) is 4.68. The van der Waals surface area contributed by atoms with E-state index >= 15 is 0 Å². The zero-order chi connectivity index (χ0) is 17.1. The van der Waals surface area contributed by atoms with Gasteiger partial charge in [-0.1, -0.05) is 18.2 Å². The largest absolute Gasteiger partial charge is 0.506 e. The van der Waals surface area contributed by atoms with Gasteiger partial charge in [0.05, 0.1) is 5.69 Å². The molecule has 4 rings (SSSR count). The number of para-hydroxylation sites is 1. The molecule has 2 saturated heterocycles. The molecule has 0 saturated carbocycles. The second-order valence-corrected chi connectivity index (χ2v) is 7.03. The highest BCUT2D eigenvalue weighted by molar-refractivity contribution is 5.67. The van der Waals surface area contributed by atoms with Gasteiger partial charge in [0.2, 0.25) is 0 Å². The van der Waals surface area contributed by atoms with Gasteiger partial charge in [-0.3, -0.25) is 0 Å². The Hall–Kier alpha value is -2.36. The fraction of sp³-hybridized carbons (Fsp3) is 0.429. The summed E-state index contributed by atoms with van der Waals surface area (Å²) in [4.78, 5) is 7.22. The van der Waals surface area contributed by atoms with Crippen LogP contribution in [0.1, 0.15) is 19.3 Å². The maximum Gasteiger partial charge on any atom is 0.139 e. The number of benzene rings is 2. The number of aromatic hydroxyl groups is 1. The van der Waals surface area contributed by atoms with Crippen molar-refractivity contribution in [3.8, 4) is 5.75 Å². The molecule has 0 aliphatic carbocycles. The molecule has 1 N–H and O–H groups in total. The predicted octanol–water partition coefficient (Wildman–Crippen LogP) is 3.71. The topological polar surface area (TPSA) is 30.0 Å². The molecule has 0 aromatic heterocycles. The predicted molar refractivity (Wildman–Crippen MR) is 105 cm³/mol. The van der Waals surface area contributed by atoms with E-state index in [0.29, 0.717) is 5.75 Å². The van der Waals surface area contributed by atoms with Gasteiger partial charge in [0.25, 0.3) is 0 Å². The Morgan fingerprint density at radius 3 is 2.04 bits per heavy atom. The first kappa shape index (κ1) is 16.1. The van der Waals surface area contributed by atoms with Gasteiger partial charge in [0.1, 0.15) is 5.75 Å². The molecule has 0 radical (unpaired) electrons. The molecule has 2 aliphatic heterocycles. The summed E-state index contributed by atoms with van der Waals surface area (Å²) in [6, 6.07) is 16.7. The second kappa shape index (κ2) is 7.26. The lowest BCUT2D eigenvalue weighted by atomic mass is 10.2. The average Bonchev–Trinajstić information content (AvgIpc) is 3.08. The zero-order valence-electron chi connectivity index (χ0n) is 14.8. The van der Waals surface area contributed by atoms with Gasteiger partial charge in [-0.15, -0.1) is 0 Å². The van der Waals surface area contributed by atoms with Crippen LogP contribution in [0.5, 0.6) is 5.75 Å². The highest BCUT2D eigenvalue weighted by Gasteiger charge is 2.20. The van der Waals surface area contributed by atoms with Gasteiger partial charge in [-0.2, -0.15) is 0 Å². The fourth-order valence-electron chi connectivity index (χ4n) is 3.99. The van der Waals surface area contributed by atoms with Crippen molar-refractivity contribution in [3.63, 3.8) is 0 Å². The Morgan fingerprint density at radius 1 is 0.600 bits per heavy atom. The van der Waals surface area contributed by atoms with E-state index in [1.54, 1.807) is 0 Å². The number of nitrogens with zero attached hydrogens (tertiary/aromatic N) is 3. The number of phenolic OH excluding ortho intramolecular Hbond substituents is 1. The Bertz CT molecular complexity index is 698. The molecule has 2 aliphatic rings. The number of hydrogen-bond donors (Lipinski definition) is 1. The lowest BCUT2D eigenvalue weighted by Gasteiger charge is -2.27. The van der Waals surface area contributed by atoms with Crippen molar-refractivity contribution in [1.82, 2.24) is 0 Å². The maximum atomic E-state index is 10.4. The molecule has 2 heterocycles. The van der Waals surface area contributed by atoms with Gasteiger partial charge in [0.15, 0.2) is 0 Å². The van der Waals surface area contributed by atoms with Crippen LogP contribution in [0.2, 0.25) is 0 Å². The molecule has 132 valence electrons. The summed E-state index contributed by atoms with van der Waals surface area (Å²) in [7, 11) is 0. The summed E-state index contributed by atoms with van der Waals surface area (Å²) in [6.07, 6.45) is 3.64. The van der Waals surface area contributed by atoms with E-state index in [0.717, 1.165) is 51.4 Å². The Morgan fingerprint density at radius 2 is 1.24 bits per heavy atom. The molecule has 2 fully saturated rings. The molecule has 0 atom stereocenters. The van der Waals surface area contributed by atoms with Gasteiger partial charge >= 0.3 is 0 Å². The fourth-order valence-corrected chi connectivity index (χ4v) is 3.99. The Labute approximate surface area is 150 Å². The highest BCUT2D eigenvalue weighted by Crippen LogP contribution is 2.34. The number of hydrogen-bond acceptors (Lipinski definition) is 4. The summed E-state index contributed by atoms with van der Waals surface area (Å²) < 4.78 is 0. The molecule has 0 spiro atoms. The highest BCUT2D eigenvalue weighted by atomic mass is 16.3. The molecule has 2 aromatic carbocycles. The van der Waals surface area contributed by atoms with Crippen LogP contribution < -0.4 is 14.7 Å². The Balaban J connectivity index is 1.51. The number of anilines is 3. The molecule has 0 amide bonds. The van der Waals surface area contributed by atoms with Crippen molar-refractivity contribution in [2.45, 2.75) is 19.3 Å². The first-order valence-electron chi connectivity index (χ1n) is 9.44. The summed E-state index contributed by atoms with van der Waals surface area (Å²) in [5, 5.41) is 10.4. The van der Waals surface area contributed by atoms with Crippen LogP contribution in [0.4, 0.5) is 17.1 Å². The summed E-state index contributed by atoms with van der Waals surface area (Å²) in [6.45, 7) is 6.23. The van der Waals surface area contributed by atoms with Crippen LogP contribution >= 0.6 is 0 Å². The average molecular weight is 337 g/mol. The van der Waals surface area contributed by atoms with E-state index < -0.39 is 0 Å². The second-order valence-electron chi connectivity index (χ2n) is 7.03. The zero-order valence-corrected chi connectivity index (χ0v) is 14.8. The molecular weight excluding hydrogens is 310 g/mol. The minimum atomic E-state index is 0.399. The van der Waals surface area contributed by atoms with Crippen LogP contribution in [-0.2, 0) is 0 Å². The molecular formula is C21H27N3O. The first-order chi connectivity index (χ1) is 12.3. The van der Waals surface area contributed by atoms with Crippen LogP contribution in [0.15, 0.2) is 48.5 Å². The van der Waals surface area contributed by atoms with Gasteiger partial charge in [0, 0.05) is 50.6 Å². The molecule has 4 nitrogen and oxygen atoms in total. The third kappa shape index (κ3) is 3.53. The van der Waals surface area contributed by atoms with Gasteiger partial charge in [-0.05, 0) is 49.6 Å². The van der Waals surface area contributed by atoms with Gasteiger partial charge in [-0.25, -0.2) is 0 Å². The third-order valence-electron chi connectivity index (χ3n) is 5.39. The van der Waals surface area contributed by atoms with Crippen molar-refractivity contribution in [2.75, 3.05) is 54.0 Å². The molecule has 2 aromatic rings. The standard InChI is InChI=1S/C21H27N3O/c25-21-10-9-19(22-11-4-5-12-22)17-20(21)24-14-6-13-23(15-16-24)18-7-2-1-3-8-18/h1-3,7-10,17,25H,4-6,11-16H2. The van der Waals surface area contributed by atoms with Crippen molar-refractivity contribution in [3.05, 3.63) is 48.5 Å². The lowest BCUT2D eigenvalue weighted by Crippen LogP contribution is -2.30. The minimum absolute atomic E-state index is 0.399. The monoisotopic (exact) mass is 337 g/mol. The quantitative estimate of drug-likeness (QED) is 0.925. The minimum Gasteiger partial charge on any atom is -0.506 e. The van der Waals surface area contributed by atoms with E-state index in [2.05, 4.69) is 57.2 Å². The van der Waals surface area contributed by atoms with Crippen molar-refractivity contribution >= 4 is 17.1 Å². The van der Waals surface area contributed by atoms with E-state index in [4.69, 9.17) is 0 Å². The van der Waals surface area contributed by atoms with Crippen molar-refractivity contribution in [1.29, 1.82) is 0 Å². The number of rotatable bonds is 3. The molecule has 0 bridgehead atoms. The van der Waals surface area contributed by atoms with Crippen molar-refractivity contribution < 1.29 is 5.11 Å². The summed E-state index contributed by atoms with van der Waals surface area (Å²) >= 11 is 0. The summed E-state index contributed by atoms with van der Waals surface area (Å²) in [5.41, 5.74) is 3.52. The van der Waals surface area contributed by atoms with Crippen LogP contribution in [0.25, 0.3) is 0 Å².